The highest BCUT2D eigenvalue weighted by Crippen LogP contribution is 2.45. The minimum absolute atomic E-state index is 0.0301. The largest absolute Gasteiger partial charge is 0.448 e. The molecule has 2 heterocycles. The molecule has 6 rings (SSSR count). The number of nitrogens with zero attached hydrogens (tertiary/aromatic N) is 1. The second kappa shape index (κ2) is 9.08. The highest BCUT2D eigenvalue weighted by Gasteiger charge is 2.48. The van der Waals surface area contributed by atoms with Gasteiger partial charge in [-0.15, -0.1) is 0 Å². The van der Waals surface area contributed by atoms with Crippen molar-refractivity contribution in [1.82, 2.24) is 4.90 Å². The maximum atomic E-state index is 13.5. The van der Waals surface area contributed by atoms with Gasteiger partial charge in [-0.25, -0.2) is 4.79 Å². The lowest BCUT2D eigenvalue weighted by Gasteiger charge is -2.51. The van der Waals surface area contributed by atoms with Gasteiger partial charge >= 0.3 is 6.09 Å². The molecule has 2 aliphatic heterocycles. The van der Waals surface area contributed by atoms with Gasteiger partial charge in [-0.2, -0.15) is 0 Å². The lowest BCUT2D eigenvalue weighted by atomic mass is 9.72. The topological polar surface area (TPSA) is 49.8 Å². The van der Waals surface area contributed by atoms with Crippen molar-refractivity contribution in [2.45, 2.75) is 76.0 Å². The highest BCUT2D eigenvalue weighted by atomic mass is 16.6. The van der Waals surface area contributed by atoms with Crippen LogP contribution in [0.15, 0.2) is 66.7 Å². The Hall–Kier alpha value is -3.11. The SMILES string of the molecule is Cc1cccc(C)c1CC1(O)CC2CCCC(C1)N2C(=O)OCC1c2ccccc2-c2ccccc21. The summed E-state index contributed by atoms with van der Waals surface area (Å²) in [6.45, 7) is 4.59. The van der Waals surface area contributed by atoms with Gasteiger partial charge < -0.3 is 14.7 Å². The highest BCUT2D eigenvalue weighted by molar-refractivity contribution is 5.79. The third kappa shape index (κ3) is 4.02. The second-order valence-electron chi connectivity index (χ2n) is 11.1. The van der Waals surface area contributed by atoms with Crippen molar-refractivity contribution in [2.24, 2.45) is 0 Å². The van der Waals surface area contributed by atoms with Crippen LogP contribution >= 0.6 is 0 Å². The third-order valence-corrected chi connectivity index (χ3v) is 8.79. The maximum absolute atomic E-state index is 13.5. The van der Waals surface area contributed by atoms with E-state index in [1.807, 2.05) is 4.90 Å². The predicted molar refractivity (Wildman–Crippen MR) is 142 cm³/mol. The molecule has 36 heavy (non-hydrogen) atoms. The number of rotatable bonds is 4. The number of hydrogen-bond donors (Lipinski definition) is 1. The van der Waals surface area contributed by atoms with E-state index < -0.39 is 5.60 Å². The van der Waals surface area contributed by atoms with Crippen LogP contribution in [-0.2, 0) is 11.2 Å². The fourth-order valence-electron chi connectivity index (χ4n) is 7.09. The molecule has 0 radical (unpaired) electrons. The fraction of sp³-hybridized carbons (Fsp3) is 0.406. The molecule has 1 N–H and O–H groups in total. The predicted octanol–water partition coefficient (Wildman–Crippen LogP) is 6.54. The Labute approximate surface area is 213 Å². The zero-order valence-electron chi connectivity index (χ0n) is 21.2. The summed E-state index contributed by atoms with van der Waals surface area (Å²) in [5.41, 5.74) is 7.85. The van der Waals surface area contributed by atoms with E-state index >= 15 is 0 Å². The van der Waals surface area contributed by atoms with Gasteiger partial charge in [0.1, 0.15) is 6.61 Å². The second-order valence-corrected chi connectivity index (χ2v) is 11.1. The van der Waals surface area contributed by atoms with Crippen molar-refractivity contribution < 1.29 is 14.6 Å². The van der Waals surface area contributed by atoms with E-state index in [1.54, 1.807) is 0 Å². The van der Waals surface area contributed by atoms with E-state index in [1.165, 1.54) is 38.9 Å². The molecule has 0 spiro atoms. The summed E-state index contributed by atoms with van der Waals surface area (Å²) in [5, 5.41) is 11.7. The van der Waals surface area contributed by atoms with Crippen LogP contribution < -0.4 is 0 Å². The van der Waals surface area contributed by atoms with Crippen LogP contribution in [0.1, 0.15) is 65.8 Å². The van der Waals surface area contributed by atoms with E-state index in [2.05, 4.69) is 80.6 Å². The lowest BCUT2D eigenvalue weighted by molar-refractivity contribution is -0.0841. The van der Waals surface area contributed by atoms with Crippen LogP contribution in [0.2, 0.25) is 0 Å². The molecule has 1 amide bonds. The monoisotopic (exact) mass is 481 g/mol. The summed E-state index contributed by atoms with van der Waals surface area (Å²) >= 11 is 0. The normalized spacial score (nSPS) is 24.8. The molecule has 3 aliphatic rings. The number of ether oxygens (including phenoxy) is 1. The summed E-state index contributed by atoms with van der Waals surface area (Å²) in [6, 6.07) is 23.3. The number of hydrogen-bond acceptors (Lipinski definition) is 3. The van der Waals surface area contributed by atoms with Crippen molar-refractivity contribution in [3.63, 3.8) is 0 Å². The van der Waals surface area contributed by atoms with Crippen LogP contribution in [0.25, 0.3) is 11.1 Å². The van der Waals surface area contributed by atoms with E-state index in [4.69, 9.17) is 4.74 Å². The smallest absolute Gasteiger partial charge is 0.410 e. The van der Waals surface area contributed by atoms with E-state index in [-0.39, 0.29) is 24.1 Å². The summed E-state index contributed by atoms with van der Waals surface area (Å²) in [4.78, 5) is 15.5. The summed E-state index contributed by atoms with van der Waals surface area (Å²) in [7, 11) is 0. The molecule has 2 bridgehead atoms. The standard InChI is InChI=1S/C32H35NO3/c1-21-9-7-10-22(2)29(21)19-32(35)17-23-11-8-12-24(18-32)33(23)31(34)36-20-30-27-15-5-3-13-25(27)26-14-4-6-16-28(26)30/h3-7,9-10,13-16,23-24,30,35H,8,11-12,17-20H2,1-2H3. The van der Waals surface area contributed by atoms with Gasteiger partial charge in [-0.3, -0.25) is 0 Å². The van der Waals surface area contributed by atoms with Crippen molar-refractivity contribution >= 4 is 6.09 Å². The Kier molecular flexibility index (Phi) is 5.88. The van der Waals surface area contributed by atoms with E-state index in [9.17, 15) is 9.90 Å². The number of aryl methyl sites for hydroxylation is 2. The van der Waals surface area contributed by atoms with Gasteiger partial charge in [0, 0.05) is 24.4 Å². The molecule has 2 fully saturated rings. The molecule has 0 saturated carbocycles. The summed E-state index contributed by atoms with van der Waals surface area (Å²) in [5.74, 6) is 0.0620. The number of benzene rings is 3. The van der Waals surface area contributed by atoms with Crippen molar-refractivity contribution in [3.8, 4) is 11.1 Å². The van der Waals surface area contributed by atoms with Crippen molar-refractivity contribution in [1.29, 1.82) is 0 Å². The van der Waals surface area contributed by atoms with E-state index in [0.717, 1.165) is 19.3 Å². The van der Waals surface area contributed by atoms with Crippen LogP contribution in [0, 0.1) is 13.8 Å². The van der Waals surface area contributed by atoms with Crippen molar-refractivity contribution in [3.05, 3.63) is 94.5 Å². The Morgan fingerprint density at radius 3 is 2.03 bits per heavy atom. The Balaban J connectivity index is 1.18. The van der Waals surface area contributed by atoms with Gasteiger partial charge in [0.05, 0.1) is 5.60 Å². The lowest BCUT2D eigenvalue weighted by Crippen LogP contribution is -2.60. The Morgan fingerprint density at radius 1 is 0.889 bits per heavy atom. The molecule has 3 aromatic rings. The average molecular weight is 482 g/mol. The van der Waals surface area contributed by atoms with Crippen LogP contribution in [0.4, 0.5) is 4.79 Å². The third-order valence-electron chi connectivity index (χ3n) is 8.79. The number of aliphatic hydroxyl groups is 1. The van der Waals surface area contributed by atoms with Crippen LogP contribution in [0.5, 0.6) is 0 Å². The molecule has 2 saturated heterocycles. The number of piperidine rings is 2. The van der Waals surface area contributed by atoms with Gasteiger partial charge in [-0.05, 0) is 84.9 Å². The summed E-state index contributed by atoms with van der Waals surface area (Å²) in [6.07, 6.45) is 4.61. The minimum Gasteiger partial charge on any atom is -0.448 e. The van der Waals surface area contributed by atoms with Gasteiger partial charge in [0.25, 0.3) is 0 Å². The first kappa shape index (κ1) is 23.3. The maximum Gasteiger partial charge on any atom is 0.410 e. The van der Waals surface area contributed by atoms with Gasteiger partial charge in [0.15, 0.2) is 0 Å². The fourth-order valence-corrected chi connectivity index (χ4v) is 7.09. The molecular formula is C32H35NO3. The zero-order chi connectivity index (χ0) is 24.9. The molecule has 3 aromatic carbocycles. The van der Waals surface area contributed by atoms with Crippen LogP contribution in [-0.4, -0.2) is 40.4 Å². The van der Waals surface area contributed by atoms with Gasteiger partial charge in [0.2, 0.25) is 0 Å². The average Bonchev–Trinajstić information content (AvgIpc) is 3.18. The Bertz CT molecular complexity index is 1220. The molecule has 2 atom stereocenters. The molecular weight excluding hydrogens is 446 g/mol. The molecule has 4 nitrogen and oxygen atoms in total. The first-order valence-electron chi connectivity index (χ1n) is 13.3. The number of fused-ring (bicyclic) bond motifs is 5. The van der Waals surface area contributed by atoms with Gasteiger partial charge in [-0.1, -0.05) is 66.7 Å². The molecule has 1 aliphatic carbocycles. The number of carbonyl (C=O) groups excluding carboxylic acids is 1. The van der Waals surface area contributed by atoms with Crippen LogP contribution in [0.3, 0.4) is 0 Å². The first-order valence-corrected chi connectivity index (χ1v) is 13.3. The van der Waals surface area contributed by atoms with E-state index in [0.29, 0.717) is 25.9 Å². The quantitative estimate of drug-likeness (QED) is 0.460. The van der Waals surface area contributed by atoms with Crippen molar-refractivity contribution in [2.75, 3.05) is 6.61 Å². The minimum atomic E-state index is -0.785. The number of carbonyl (C=O) groups is 1. The zero-order valence-corrected chi connectivity index (χ0v) is 21.2. The summed E-state index contributed by atoms with van der Waals surface area (Å²) < 4.78 is 6.05. The first-order chi connectivity index (χ1) is 17.4. The Morgan fingerprint density at radius 2 is 1.44 bits per heavy atom. The molecule has 4 heteroatoms. The molecule has 2 unspecified atom stereocenters. The number of amides is 1. The molecule has 0 aromatic heterocycles. The molecule has 186 valence electrons.